The van der Waals surface area contributed by atoms with Gasteiger partial charge in [0.25, 0.3) is 0 Å². The van der Waals surface area contributed by atoms with Crippen LogP contribution in [0.15, 0.2) is 18.2 Å². The van der Waals surface area contributed by atoms with E-state index < -0.39 is 17.6 Å². The van der Waals surface area contributed by atoms with Gasteiger partial charge < -0.3 is 15.0 Å². The summed E-state index contributed by atoms with van der Waals surface area (Å²) >= 11 is 0. The highest BCUT2D eigenvalue weighted by molar-refractivity contribution is 6.00. The minimum Gasteiger partial charge on any atom is -0.444 e. The molecule has 29 heavy (non-hydrogen) atoms. The SMILES string of the molecule is CC(C)(C)OC(=O)NC1CCN(c2ccc(C3CCC(=O)NC3=O)cc2F)CC1. The van der Waals surface area contributed by atoms with Gasteiger partial charge in [-0.15, -0.1) is 0 Å². The molecule has 1 aromatic rings. The van der Waals surface area contributed by atoms with Crippen LogP contribution in [0.2, 0.25) is 0 Å². The predicted molar refractivity (Wildman–Crippen MR) is 106 cm³/mol. The number of nitrogens with one attached hydrogen (secondary N) is 2. The summed E-state index contributed by atoms with van der Waals surface area (Å²) in [6.45, 7) is 6.66. The molecule has 158 valence electrons. The van der Waals surface area contributed by atoms with E-state index in [0.717, 1.165) is 0 Å². The summed E-state index contributed by atoms with van der Waals surface area (Å²) < 4.78 is 20.0. The van der Waals surface area contributed by atoms with Gasteiger partial charge in [0.2, 0.25) is 11.8 Å². The van der Waals surface area contributed by atoms with Gasteiger partial charge in [0.15, 0.2) is 0 Å². The van der Waals surface area contributed by atoms with E-state index in [-0.39, 0.29) is 30.1 Å². The molecule has 2 saturated heterocycles. The van der Waals surface area contributed by atoms with Gasteiger partial charge in [0.05, 0.1) is 11.6 Å². The molecule has 3 amide bonds. The first-order chi connectivity index (χ1) is 13.6. The van der Waals surface area contributed by atoms with Crippen LogP contribution >= 0.6 is 0 Å². The summed E-state index contributed by atoms with van der Waals surface area (Å²) in [6, 6.07) is 4.83. The minimum absolute atomic E-state index is 0.00749. The standard InChI is InChI=1S/C21H28FN3O4/c1-21(2,3)29-20(28)23-14-8-10-25(11-9-14)17-6-4-13(12-16(17)22)15-5-7-18(26)24-19(15)27/h4,6,12,14-15H,5,7-11H2,1-3H3,(H,23,28)(H,24,26,27). The summed E-state index contributed by atoms with van der Waals surface area (Å²) in [4.78, 5) is 37.1. The van der Waals surface area contributed by atoms with Gasteiger partial charge in [-0.1, -0.05) is 6.07 Å². The lowest BCUT2D eigenvalue weighted by molar-refractivity contribution is -0.134. The Hall–Kier alpha value is -2.64. The molecule has 0 spiro atoms. The highest BCUT2D eigenvalue weighted by Gasteiger charge is 2.29. The van der Waals surface area contributed by atoms with Crippen LogP contribution < -0.4 is 15.5 Å². The molecule has 0 aliphatic carbocycles. The number of amides is 3. The Balaban J connectivity index is 1.58. The fourth-order valence-corrected chi connectivity index (χ4v) is 3.75. The Kier molecular flexibility index (Phi) is 6.10. The van der Waals surface area contributed by atoms with Crippen LogP contribution in [0.25, 0.3) is 0 Å². The largest absolute Gasteiger partial charge is 0.444 e. The molecule has 7 nitrogen and oxygen atoms in total. The van der Waals surface area contributed by atoms with E-state index in [2.05, 4.69) is 10.6 Å². The molecule has 0 bridgehead atoms. The van der Waals surface area contributed by atoms with Crippen LogP contribution in [-0.4, -0.2) is 42.6 Å². The Morgan fingerprint density at radius 2 is 1.90 bits per heavy atom. The van der Waals surface area contributed by atoms with Crippen LogP contribution in [0.4, 0.5) is 14.9 Å². The van der Waals surface area contributed by atoms with Crippen LogP contribution in [0.3, 0.4) is 0 Å². The number of alkyl carbamates (subject to hydrolysis) is 1. The molecule has 2 aliphatic heterocycles. The first kappa shape index (κ1) is 21.1. The number of piperidine rings is 2. The fourth-order valence-electron chi connectivity index (χ4n) is 3.75. The summed E-state index contributed by atoms with van der Waals surface area (Å²) in [6.07, 6.45) is 1.60. The second-order valence-electron chi connectivity index (χ2n) is 8.62. The Morgan fingerprint density at radius 1 is 1.21 bits per heavy atom. The van der Waals surface area contributed by atoms with Crippen LogP contribution in [0.1, 0.15) is 57.9 Å². The van der Waals surface area contributed by atoms with E-state index in [1.54, 1.807) is 12.1 Å². The van der Waals surface area contributed by atoms with Crippen molar-refractivity contribution in [2.75, 3.05) is 18.0 Å². The van der Waals surface area contributed by atoms with Crippen LogP contribution in [0, 0.1) is 5.82 Å². The summed E-state index contributed by atoms with van der Waals surface area (Å²) in [5.74, 6) is -1.54. The number of nitrogens with zero attached hydrogens (tertiary/aromatic N) is 1. The Morgan fingerprint density at radius 3 is 2.48 bits per heavy atom. The molecule has 0 aromatic heterocycles. The molecule has 1 unspecified atom stereocenters. The van der Waals surface area contributed by atoms with Gasteiger partial charge in [-0.25, -0.2) is 9.18 Å². The summed E-state index contributed by atoms with van der Waals surface area (Å²) in [7, 11) is 0. The predicted octanol–water partition coefficient (Wildman–Crippen LogP) is 2.84. The van der Waals surface area contributed by atoms with Crippen molar-refractivity contribution in [3.63, 3.8) is 0 Å². The smallest absolute Gasteiger partial charge is 0.407 e. The maximum Gasteiger partial charge on any atom is 0.407 e. The normalized spacial score (nSPS) is 21.0. The van der Waals surface area contributed by atoms with Crippen LogP contribution in [-0.2, 0) is 14.3 Å². The lowest BCUT2D eigenvalue weighted by atomic mass is 9.90. The number of hydrogen-bond acceptors (Lipinski definition) is 5. The molecule has 0 radical (unpaired) electrons. The van der Waals surface area contributed by atoms with Crippen molar-refractivity contribution in [1.82, 2.24) is 10.6 Å². The molecular formula is C21H28FN3O4. The third-order valence-corrected chi connectivity index (χ3v) is 5.17. The van der Waals surface area contributed by atoms with Gasteiger partial charge >= 0.3 is 6.09 Å². The van der Waals surface area contributed by atoms with E-state index >= 15 is 0 Å². The number of imide groups is 1. The lowest BCUT2D eigenvalue weighted by Gasteiger charge is -2.34. The molecule has 2 aliphatic rings. The fraction of sp³-hybridized carbons (Fsp3) is 0.571. The van der Waals surface area contributed by atoms with Gasteiger partial charge in [-0.3, -0.25) is 14.9 Å². The molecule has 8 heteroatoms. The number of anilines is 1. The van der Waals surface area contributed by atoms with Crippen molar-refractivity contribution >= 4 is 23.6 Å². The molecule has 3 rings (SSSR count). The maximum absolute atomic E-state index is 14.8. The number of carbonyl (C=O) groups is 3. The highest BCUT2D eigenvalue weighted by atomic mass is 19.1. The molecular weight excluding hydrogens is 377 g/mol. The first-order valence-corrected chi connectivity index (χ1v) is 10.00. The van der Waals surface area contributed by atoms with Crippen molar-refractivity contribution in [1.29, 1.82) is 0 Å². The van der Waals surface area contributed by atoms with Crippen molar-refractivity contribution in [3.05, 3.63) is 29.6 Å². The second kappa shape index (κ2) is 8.39. The van der Waals surface area contributed by atoms with Crippen molar-refractivity contribution in [2.45, 2.75) is 64.0 Å². The van der Waals surface area contributed by atoms with Crippen molar-refractivity contribution in [2.24, 2.45) is 0 Å². The topological polar surface area (TPSA) is 87.7 Å². The third-order valence-electron chi connectivity index (χ3n) is 5.17. The first-order valence-electron chi connectivity index (χ1n) is 10.00. The molecule has 0 saturated carbocycles. The quantitative estimate of drug-likeness (QED) is 0.755. The third kappa shape index (κ3) is 5.46. The van der Waals surface area contributed by atoms with E-state index in [1.807, 2.05) is 25.7 Å². The molecule has 1 aromatic carbocycles. The monoisotopic (exact) mass is 405 g/mol. The number of rotatable bonds is 3. The Labute approximate surface area is 170 Å². The molecule has 2 fully saturated rings. The number of benzene rings is 1. The lowest BCUT2D eigenvalue weighted by Crippen LogP contribution is -2.46. The minimum atomic E-state index is -0.543. The zero-order valence-electron chi connectivity index (χ0n) is 17.1. The van der Waals surface area contributed by atoms with E-state index in [9.17, 15) is 18.8 Å². The average molecular weight is 405 g/mol. The zero-order valence-corrected chi connectivity index (χ0v) is 17.1. The molecule has 1 atom stereocenters. The number of halogens is 1. The summed E-state index contributed by atoms with van der Waals surface area (Å²) in [5, 5.41) is 5.17. The average Bonchev–Trinajstić information content (AvgIpc) is 2.61. The summed E-state index contributed by atoms with van der Waals surface area (Å²) in [5.41, 5.74) is 0.521. The van der Waals surface area contributed by atoms with E-state index in [0.29, 0.717) is 43.6 Å². The van der Waals surface area contributed by atoms with E-state index in [4.69, 9.17) is 4.74 Å². The van der Waals surface area contributed by atoms with Gasteiger partial charge in [0.1, 0.15) is 11.4 Å². The van der Waals surface area contributed by atoms with Gasteiger partial charge in [-0.05, 0) is 57.7 Å². The maximum atomic E-state index is 14.8. The number of ether oxygens (including phenoxy) is 1. The van der Waals surface area contributed by atoms with Crippen molar-refractivity contribution in [3.8, 4) is 0 Å². The van der Waals surface area contributed by atoms with Crippen LogP contribution in [0.5, 0.6) is 0 Å². The van der Waals surface area contributed by atoms with E-state index in [1.165, 1.54) is 6.07 Å². The zero-order chi connectivity index (χ0) is 21.2. The molecule has 2 N–H and O–H groups in total. The van der Waals surface area contributed by atoms with Crippen molar-refractivity contribution < 1.29 is 23.5 Å². The second-order valence-corrected chi connectivity index (χ2v) is 8.62. The van der Waals surface area contributed by atoms with Gasteiger partial charge in [-0.2, -0.15) is 0 Å². The Bertz CT molecular complexity index is 798. The number of hydrogen-bond donors (Lipinski definition) is 2. The van der Waals surface area contributed by atoms with Gasteiger partial charge in [0, 0.05) is 25.6 Å². The number of carbonyl (C=O) groups excluding carboxylic acids is 3. The highest BCUT2D eigenvalue weighted by Crippen LogP contribution is 2.30. The molecule has 2 heterocycles.